The molecule has 0 saturated carbocycles. The molecule has 0 heterocycles. The summed E-state index contributed by atoms with van der Waals surface area (Å²) in [4.78, 5) is 59.0. The number of carbonyl (C=O) groups excluding carboxylic acids is 1. The number of carbonyl (C=O) groups is 5. The molecule has 6 rings (SSSR count). The van der Waals surface area contributed by atoms with Gasteiger partial charge in [0.2, 0.25) is 0 Å². The molecule has 0 spiro atoms. The molecule has 1 atom stereocenters. The Bertz CT molecular complexity index is 2470. The number of carboxylic acid groups (broad SMARTS) is 4. The van der Waals surface area contributed by atoms with E-state index in [0.29, 0.717) is 45.7 Å². The van der Waals surface area contributed by atoms with Gasteiger partial charge in [-0.25, -0.2) is 19.2 Å². The van der Waals surface area contributed by atoms with E-state index in [9.17, 15) is 49.6 Å². The number of ether oxygens (including phenoxy) is 3. The van der Waals surface area contributed by atoms with E-state index in [2.05, 4.69) is 10.8 Å². The Labute approximate surface area is 322 Å². The van der Waals surface area contributed by atoms with Crippen LogP contribution in [-0.4, -0.2) is 55.4 Å². The molecule has 1 unspecified atom stereocenters. The number of benzene rings is 6. The fourth-order valence-electron chi connectivity index (χ4n) is 5.60. The second-order valence-corrected chi connectivity index (χ2v) is 12.1. The Kier molecular flexibility index (Phi) is 11.5. The summed E-state index contributed by atoms with van der Waals surface area (Å²) in [6.07, 6.45) is 0. The van der Waals surface area contributed by atoms with E-state index < -0.39 is 35.8 Å². The lowest BCUT2D eigenvalue weighted by molar-refractivity contribution is 0.0677. The van der Waals surface area contributed by atoms with Gasteiger partial charge in [0, 0.05) is 5.69 Å². The minimum absolute atomic E-state index is 0.0669. The van der Waals surface area contributed by atoms with E-state index in [4.69, 9.17) is 14.2 Å². The molecule has 0 aliphatic carbocycles. The van der Waals surface area contributed by atoms with Crippen molar-refractivity contribution in [2.24, 2.45) is 0 Å². The molecule has 57 heavy (non-hydrogen) atoms. The summed E-state index contributed by atoms with van der Waals surface area (Å²) < 4.78 is 17.7. The second-order valence-electron chi connectivity index (χ2n) is 12.1. The molecule has 0 saturated heterocycles. The Hall–Kier alpha value is -8.01. The molecule has 15 nitrogen and oxygen atoms in total. The van der Waals surface area contributed by atoms with Gasteiger partial charge < -0.3 is 45.2 Å². The fraction of sp³-hybridized carbons (Fsp3) is 0.0238. The summed E-state index contributed by atoms with van der Waals surface area (Å²) in [5.41, 5.74) is 1.75. The maximum Gasteiger partial charge on any atom is 0.336 e. The van der Waals surface area contributed by atoms with Crippen LogP contribution in [0.25, 0.3) is 0 Å². The molecule has 15 heteroatoms. The lowest BCUT2D eigenvalue weighted by Crippen LogP contribution is -2.21. The maximum atomic E-state index is 12.8. The molecule has 286 valence electrons. The summed E-state index contributed by atoms with van der Waals surface area (Å²) >= 11 is 0. The van der Waals surface area contributed by atoms with Gasteiger partial charge in [-0.2, -0.15) is 5.48 Å². The third kappa shape index (κ3) is 9.39. The van der Waals surface area contributed by atoms with Crippen LogP contribution in [0.4, 0.5) is 5.69 Å². The number of hydroxylamine groups is 1. The zero-order valence-corrected chi connectivity index (χ0v) is 29.3. The predicted octanol–water partition coefficient (Wildman–Crippen LogP) is 8.18. The molecule has 0 aromatic heterocycles. The monoisotopic (exact) mass is 770 g/mol. The van der Waals surface area contributed by atoms with Gasteiger partial charge >= 0.3 is 23.9 Å². The number of aromatic carboxylic acids is 4. The summed E-state index contributed by atoms with van der Waals surface area (Å²) in [6.45, 7) is 0. The quantitative estimate of drug-likeness (QED) is 0.0488. The van der Waals surface area contributed by atoms with Crippen LogP contribution in [0.5, 0.6) is 34.5 Å². The molecule has 0 fully saturated rings. The summed E-state index contributed by atoms with van der Waals surface area (Å²) in [5.74, 6) is -3.09. The molecule has 0 bridgehead atoms. The molecule has 6 aromatic carbocycles. The third-order valence-electron chi connectivity index (χ3n) is 8.39. The van der Waals surface area contributed by atoms with Crippen molar-refractivity contribution in [1.82, 2.24) is 5.48 Å². The van der Waals surface area contributed by atoms with E-state index in [0.717, 1.165) is 18.2 Å². The minimum Gasteiger partial charge on any atom is -0.478 e. The van der Waals surface area contributed by atoms with Gasteiger partial charge in [0.1, 0.15) is 34.5 Å². The molecular weight excluding hydrogens is 740 g/mol. The highest BCUT2D eigenvalue weighted by Crippen LogP contribution is 2.32. The van der Waals surface area contributed by atoms with Crippen molar-refractivity contribution in [3.63, 3.8) is 0 Å². The largest absolute Gasteiger partial charge is 0.478 e. The van der Waals surface area contributed by atoms with Gasteiger partial charge in [0.15, 0.2) is 0 Å². The van der Waals surface area contributed by atoms with Crippen LogP contribution in [-0.2, 0) is 0 Å². The van der Waals surface area contributed by atoms with Crippen LogP contribution in [0.3, 0.4) is 0 Å². The first kappa shape index (κ1) is 38.7. The van der Waals surface area contributed by atoms with Gasteiger partial charge in [-0.3, -0.25) is 4.79 Å². The number of amides is 1. The molecule has 6 aromatic rings. The summed E-state index contributed by atoms with van der Waals surface area (Å²) in [5, 5.41) is 50.1. The van der Waals surface area contributed by atoms with E-state index in [1.807, 2.05) is 0 Å². The van der Waals surface area contributed by atoms with E-state index in [1.165, 1.54) is 18.2 Å². The van der Waals surface area contributed by atoms with Gasteiger partial charge in [-0.15, -0.1) is 0 Å². The fourth-order valence-corrected chi connectivity index (χ4v) is 5.60. The van der Waals surface area contributed by atoms with Crippen LogP contribution in [0.1, 0.15) is 69.0 Å². The normalized spacial score (nSPS) is 11.2. The standard InChI is InChI=1S/C42H30N2O13/c45-38(36-22-25(40(48)49)4-20-34(36)42(52)53)43-26-5-9-28(10-6-26)56-30-13-17-32(18-14-30)57-31-15-11-29(12-16-31)55-27-7-1-23(2-8-27)37(44-54)35-21-24(39(46)47)3-19-33(35)41(50)51/h1-22,37,44,54H,(H,43,45)(H,46,47)(H,48,49)(H,50,51)(H,52,53). The lowest BCUT2D eigenvalue weighted by Gasteiger charge is -2.19. The minimum atomic E-state index is -1.37. The summed E-state index contributed by atoms with van der Waals surface area (Å²) in [7, 11) is 0. The van der Waals surface area contributed by atoms with Gasteiger partial charge in [-0.1, -0.05) is 12.1 Å². The molecule has 0 radical (unpaired) electrons. The molecule has 0 aliphatic rings. The first-order valence-electron chi connectivity index (χ1n) is 16.7. The molecule has 1 amide bonds. The number of carboxylic acids is 4. The maximum absolute atomic E-state index is 12.8. The van der Waals surface area contributed by atoms with Crippen molar-refractivity contribution in [2.75, 3.05) is 5.32 Å². The van der Waals surface area contributed by atoms with Crippen LogP contribution in [0.15, 0.2) is 133 Å². The predicted molar refractivity (Wildman–Crippen MR) is 201 cm³/mol. The van der Waals surface area contributed by atoms with Gasteiger partial charge in [-0.05, 0) is 132 Å². The Morgan fingerprint density at radius 1 is 0.439 bits per heavy atom. The summed E-state index contributed by atoms with van der Waals surface area (Å²) in [6, 6.07) is 32.0. The highest BCUT2D eigenvalue weighted by Gasteiger charge is 2.23. The SMILES string of the molecule is O=C(O)c1ccc(C(=O)O)c(C(=O)Nc2ccc(Oc3ccc(Oc4ccc(Oc5ccc(C(NO)c6cc(C(=O)O)ccc6C(=O)O)cc5)cc4)cc3)cc2)c1. The van der Waals surface area contributed by atoms with Crippen molar-refractivity contribution in [3.8, 4) is 34.5 Å². The van der Waals surface area contributed by atoms with Crippen molar-refractivity contribution in [2.45, 2.75) is 6.04 Å². The molecule has 0 aliphatic heterocycles. The van der Waals surface area contributed by atoms with Crippen LogP contribution < -0.4 is 25.0 Å². The Morgan fingerprint density at radius 3 is 1.23 bits per heavy atom. The number of hydrogen-bond acceptors (Lipinski definition) is 10. The smallest absolute Gasteiger partial charge is 0.336 e. The van der Waals surface area contributed by atoms with E-state index in [1.54, 1.807) is 97.1 Å². The highest BCUT2D eigenvalue weighted by atomic mass is 16.5. The second kappa shape index (κ2) is 17.0. The van der Waals surface area contributed by atoms with Gasteiger partial charge in [0.25, 0.3) is 5.91 Å². The van der Waals surface area contributed by atoms with Crippen molar-refractivity contribution >= 4 is 35.5 Å². The van der Waals surface area contributed by atoms with Gasteiger partial charge in [0.05, 0.1) is 33.9 Å². The third-order valence-corrected chi connectivity index (χ3v) is 8.39. The topological polar surface area (TPSA) is 238 Å². The van der Waals surface area contributed by atoms with Crippen LogP contribution >= 0.6 is 0 Å². The Morgan fingerprint density at radius 2 is 0.825 bits per heavy atom. The van der Waals surface area contributed by atoms with Crippen LogP contribution in [0, 0.1) is 0 Å². The zero-order chi connectivity index (χ0) is 40.6. The number of anilines is 1. The van der Waals surface area contributed by atoms with Crippen molar-refractivity contribution < 1.29 is 63.8 Å². The van der Waals surface area contributed by atoms with Crippen molar-refractivity contribution in [3.05, 3.63) is 172 Å². The molecule has 7 N–H and O–H groups in total. The molecular formula is C42H30N2O13. The van der Waals surface area contributed by atoms with E-state index >= 15 is 0 Å². The Balaban J connectivity index is 1.03. The number of nitrogens with one attached hydrogen (secondary N) is 2. The number of hydrogen-bond donors (Lipinski definition) is 7. The zero-order valence-electron chi connectivity index (χ0n) is 29.3. The lowest BCUT2D eigenvalue weighted by atomic mass is 9.93. The van der Waals surface area contributed by atoms with Crippen LogP contribution in [0.2, 0.25) is 0 Å². The van der Waals surface area contributed by atoms with E-state index in [-0.39, 0.29) is 33.4 Å². The first-order valence-corrected chi connectivity index (χ1v) is 16.7. The first-order chi connectivity index (χ1) is 27.4. The average Bonchev–Trinajstić information content (AvgIpc) is 3.20. The number of rotatable bonds is 15. The van der Waals surface area contributed by atoms with Crippen molar-refractivity contribution in [1.29, 1.82) is 0 Å². The highest BCUT2D eigenvalue weighted by molar-refractivity contribution is 6.11. The average molecular weight is 771 g/mol.